The van der Waals surface area contributed by atoms with Crippen LogP contribution in [0.1, 0.15) is 0 Å². The zero-order chi connectivity index (χ0) is 24.7. The molecule has 38 heavy (non-hydrogen) atoms. The minimum absolute atomic E-state index is 1.28. The summed E-state index contributed by atoms with van der Waals surface area (Å²) in [4.78, 5) is 0. The first kappa shape index (κ1) is 19.5. The van der Waals surface area contributed by atoms with E-state index < -0.39 is 0 Å². The van der Waals surface area contributed by atoms with Crippen LogP contribution in [0.4, 0.5) is 0 Å². The molecule has 0 bridgehead atoms. The Morgan fingerprint density at radius 2 is 1.18 bits per heavy atom. The molecule has 0 radical (unpaired) electrons. The predicted molar refractivity (Wildman–Crippen MR) is 165 cm³/mol. The molecule has 0 atom stereocenters. The van der Waals surface area contributed by atoms with Gasteiger partial charge in [0.2, 0.25) is 0 Å². The third-order valence-corrected chi connectivity index (χ3v) is 10.0. The normalized spacial score (nSPS) is 12.9. The van der Waals surface area contributed by atoms with Gasteiger partial charge in [-0.15, -0.1) is 11.3 Å². The van der Waals surface area contributed by atoms with Gasteiger partial charge in [-0.3, -0.25) is 0 Å². The minimum Gasteiger partial charge on any atom is -0.343 e. The van der Waals surface area contributed by atoms with Crippen LogP contribution in [0.5, 0.6) is 0 Å². The summed E-state index contributed by atoms with van der Waals surface area (Å²) in [5.74, 6) is 0. The van der Waals surface area contributed by atoms with Crippen molar-refractivity contribution < 1.29 is 0 Å². The smallest absolute Gasteiger partial charge is 0.0720 e. The van der Waals surface area contributed by atoms with Gasteiger partial charge < -0.3 is 8.97 Å². The lowest BCUT2D eigenvalue weighted by Crippen LogP contribution is -1.90. The van der Waals surface area contributed by atoms with Gasteiger partial charge in [0.25, 0.3) is 0 Å². The molecule has 0 aliphatic heterocycles. The zero-order valence-corrected chi connectivity index (χ0v) is 21.4. The van der Waals surface area contributed by atoms with Crippen LogP contribution in [0.25, 0.3) is 90.8 Å². The highest BCUT2D eigenvalue weighted by Gasteiger charge is 2.23. The first-order chi connectivity index (χ1) is 18.8. The van der Waals surface area contributed by atoms with Gasteiger partial charge in [-0.1, -0.05) is 78.9 Å². The number of hydrogen-bond donors (Lipinski definition) is 0. The van der Waals surface area contributed by atoms with E-state index in [2.05, 4.69) is 119 Å². The number of fused-ring (bicyclic) bond motifs is 11. The van der Waals surface area contributed by atoms with Gasteiger partial charge in [0.15, 0.2) is 0 Å². The van der Waals surface area contributed by atoms with E-state index in [1.165, 1.54) is 90.8 Å². The van der Waals surface area contributed by atoms with Crippen molar-refractivity contribution in [3.8, 4) is 0 Å². The van der Waals surface area contributed by atoms with E-state index in [0.29, 0.717) is 0 Å². The van der Waals surface area contributed by atoms with Crippen LogP contribution < -0.4 is 0 Å². The van der Waals surface area contributed by atoms with Crippen molar-refractivity contribution in [2.75, 3.05) is 0 Å². The Hall–Kier alpha value is -4.60. The van der Waals surface area contributed by atoms with Gasteiger partial charge in [0, 0.05) is 54.8 Å². The topological polar surface area (TPSA) is 9.34 Å². The summed E-state index contributed by atoms with van der Waals surface area (Å²) < 4.78 is 7.71. The molecule has 10 aromatic rings. The van der Waals surface area contributed by atoms with Gasteiger partial charge in [-0.2, -0.15) is 0 Å². The summed E-state index contributed by atoms with van der Waals surface area (Å²) in [7, 11) is 2.23. The summed E-state index contributed by atoms with van der Waals surface area (Å²) in [6.07, 6.45) is 0. The van der Waals surface area contributed by atoms with Crippen LogP contribution in [0.15, 0.2) is 103 Å². The van der Waals surface area contributed by atoms with Crippen molar-refractivity contribution in [3.05, 3.63) is 103 Å². The average Bonchev–Trinajstić information content (AvgIpc) is 3.58. The van der Waals surface area contributed by atoms with Crippen molar-refractivity contribution in [2.45, 2.75) is 0 Å². The van der Waals surface area contributed by atoms with Gasteiger partial charge >= 0.3 is 0 Å². The molecule has 4 heterocycles. The molecule has 0 amide bonds. The van der Waals surface area contributed by atoms with Crippen LogP contribution in [0.3, 0.4) is 0 Å². The van der Waals surface area contributed by atoms with Crippen molar-refractivity contribution in [2.24, 2.45) is 7.05 Å². The van der Waals surface area contributed by atoms with Crippen molar-refractivity contribution >= 4 is 102 Å². The Bertz CT molecular complexity index is 2630. The third kappa shape index (κ3) is 2.07. The maximum absolute atomic E-state index is 2.59. The number of para-hydroxylation sites is 1. The summed E-state index contributed by atoms with van der Waals surface area (Å²) >= 11 is 1.92. The fourth-order valence-corrected chi connectivity index (χ4v) is 8.54. The Morgan fingerprint density at radius 1 is 0.500 bits per heavy atom. The quantitative estimate of drug-likeness (QED) is 0.196. The Balaban J connectivity index is 1.65. The Morgan fingerprint density at radius 3 is 2.11 bits per heavy atom. The third-order valence-electron chi connectivity index (χ3n) is 8.81. The number of rotatable bonds is 0. The van der Waals surface area contributed by atoms with E-state index in [-0.39, 0.29) is 0 Å². The maximum atomic E-state index is 2.59. The fraction of sp³-hybridized carbons (Fsp3) is 0.0286. The van der Waals surface area contributed by atoms with E-state index in [1.807, 2.05) is 11.3 Å². The lowest BCUT2D eigenvalue weighted by Gasteiger charge is -2.07. The van der Waals surface area contributed by atoms with Crippen molar-refractivity contribution in [1.82, 2.24) is 8.97 Å². The van der Waals surface area contributed by atoms with Crippen LogP contribution >= 0.6 is 11.3 Å². The van der Waals surface area contributed by atoms with Crippen molar-refractivity contribution in [1.29, 1.82) is 0 Å². The van der Waals surface area contributed by atoms with Crippen LogP contribution in [0, 0.1) is 0 Å². The maximum Gasteiger partial charge on any atom is 0.0720 e. The molecule has 4 aromatic heterocycles. The van der Waals surface area contributed by atoms with Gasteiger partial charge in [-0.25, -0.2) is 0 Å². The zero-order valence-electron chi connectivity index (χ0n) is 20.6. The lowest BCUT2D eigenvalue weighted by atomic mass is 9.99. The van der Waals surface area contributed by atoms with Crippen LogP contribution in [-0.2, 0) is 7.05 Å². The number of benzene rings is 6. The predicted octanol–water partition coefficient (Wildman–Crippen LogP) is 10.0. The molecule has 176 valence electrons. The van der Waals surface area contributed by atoms with E-state index in [4.69, 9.17) is 0 Å². The molecule has 0 saturated carbocycles. The Labute approximate surface area is 220 Å². The second kappa shape index (κ2) is 6.45. The monoisotopic (exact) mass is 500 g/mol. The SMILES string of the molecule is Cn1c2cccc3c2c2c(cc4ccccc4c21)c1cccc2c4ccc5c6ccccc6sc5c4n3c12. The molecular weight excluding hydrogens is 480 g/mol. The van der Waals surface area contributed by atoms with Crippen LogP contribution in [0.2, 0.25) is 0 Å². The molecular formula is C35H20N2S. The van der Waals surface area contributed by atoms with Crippen LogP contribution in [-0.4, -0.2) is 8.97 Å². The summed E-state index contributed by atoms with van der Waals surface area (Å²) in [5.41, 5.74) is 6.52. The lowest BCUT2D eigenvalue weighted by molar-refractivity contribution is 1.02. The highest BCUT2D eigenvalue weighted by atomic mass is 32.1. The minimum atomic E-state index is 1.28. The molecule has 0 N–H and O–H groups in total. The summed E-state index contributed by atoms with van der Waals surface area (Å²) in [6, 6.07) is 38.5. The van der Waals surface area contributed by atoms with Gasteiger partial charge in [0.05, 0.1) is 32.3 Å². The molecule has 0 saturated heterocycles. The Kier molecular flexibility index (Phi) is 3.31. The van der Waals surface area contributed by atoms with Gasteiger partial charge in [0.1, 0.15) is 0 Å². The summed E-state index contributed by atoms with van der Waals surface area (Å²) in [6.45, 7) is 0. The average molecular weight is 501 g/mol. The molecule has 0 fully saturated rings. The number of aryl methyl sites for hydroxylation is 1. The van der Waals surface area contributed by atoms with E-state index in [9.17, 15) is 0 Å². The van der Waals surface area contributed by atoms with E-state index in [0.717, 1.165) is 0 Å². The van der Waals surface area contributed by atoms with Crippen molar-refractivity contribution in [3.63, 3.8) is 0 Å². The molecule has 0 aliphatic carbocycles. The first-order valence-electron chi connectivity index (χ1n) is 13.1. The highest BCUT2D eigenvalue weighted by molar-refractivity contribution is 7.26. The summed E-state index contributed by atoms with van der Waals surface area (Å²) in [5, 5.41) is 13.3. The standard InChI is InChI=1S/C35H20N2S/c1-36-27-13-7-14-28-31(27)30-26(18-19-8-2-3-9-20(19)33(30)36)23-12-6-11-22-24-16-17-25-21-10-4-5-15-29(21)38-35(25)34(24)37(28)32(22)23/h2-18H,1H3. The molecule has 0 spiro atoms. The van der Waals surface area contributed by atoms with E-state index >= 15 is 0 Å². The fourth-order valence-electron chi connectivity index (χ4n) is 7.30. The highest BCUT2D eigenvalue weighted by Crippen LogP contribution is 2.47. The van der Waals surface area contributed by atoms with E-state index in [1.54, 1.807) is 0 Å². The number of thiophene rings is 1. The van der Waals surface area contributed by atoms with Gasteiger partial charge in [-0.05, 0) is 35.0 Å². The molecule has 10 rings (SSSR count). The molecule has 6 aromatic carbocycles. The molecule has 0 aliphatic rings. The first-order valence-corrected chi connectivity index (χ1v) is 13.9. The number of nitrogens with zero attached hydrogens (tertiary/aromatic N) is 2. The molecule has 2 nitrogen and oxygen atoms in total. The molecule has 0 unspecified atom stereocenters. The second-order valence-electron chi connectivity index (χ2n) is 10.6. The second-order valence-corrected chi connectivity index (χ2v) is 11.6. The number of aromatic nitrogens is 2. The largest absolute Gasteiger partial charge is 0.343 e. The number of hydrogen-bond acceptors (Lipinski definition) is 1. The molecule has 3 heteroatoms.